The van der Waals surface area contributed by atoms with Crippen LogP contribution >= 0.6 is 12.4 Å². The second kappa shape index (κ2) is 10.1. The molecule has 0 aromatic heterocycles. The first-order chi connectivity index (χ1) is 10.6. The van der Waals surface area contributed by atoms with Crippen LogP contribution in [-0.4, -0.2) is 33.2 Å². The van der Waals surface area contributed by atoms with E-state index in [2.05, 4.69) is 5.32 Å². The highest BCUT2D eigenvalue weighted by molar-refractivity contribution is 7.85. The van der Waals surface area contributed by atoms with Gasteiger partial charge >= 0.3 is 0 Å². The summed E-state index contributed by atoms with van der Waals surface area (Å²) in [4.78, 5) is 12.2. The summed E-state index contributed by atoms with van der Waals surface area (Å²) in [5.74, 6) is 0.593. The summed E-state index contributed by atoms with van der Waals surface area (Å²) in [5, 5.41) is 3.27. The van der Waals surface area contributed by atoms with Crippen LogP contribution in [0.15, 0.2) is 30.3 Å². The van der Waals surface area contributed by atoms with Crippen LogP contribution in [0.2, 0.25) is 0 Å². The minimum absolute atomic E-state index is 0. The van der Waals surface area contributed by atoms with E-state index in [0.717, 1.165) is 31.2 Å². The Morgan fingerprint density at radius 2 is 2.04 bits per heavy atom. The first-order valence-corrected chi connectivity index (χ1v) is 9.45. The number of amides is 1. The van der Waals surface area contributed by atoms with Gasteiger partial charge in [0.2, 0.25) is 5.91 Å². The molecule has 1 aliphatic rings. The van der Waals surface area contributed by atoms with E-state index in [1.807, 2.05) is 37.3 Å². The van der Waals surface area contributed by atoms with E-state index < -0.39 is 16.8 Å². The second-order valence-electron chi connectivity index (χ2n) is 5.96. The zero-order valence-corrected chi connectivity index (χ0v) is 15.2. The molecule has 0 bridgehead atoms. The van der Waals surface area contributed by atoms with Crippen LogP contribution in [0.4, 0.5) is 0 Å². The van der Waals surface area contributed by atoms with Crippen LogP contribution in [0.5, 0.6) is 0 Å². The van der Waals surface area contributed by atoms with E-state index in [4.69, 9.17) is 5.73 Å². The lowest BCUT2D eigenvalue weighted by atomic mass is 9.94. The van der Waals surface area contributed by atoms with Gasteiger partial charge in [0, 0.05) is 27.8 Å². The van der Waals surface area contributed by atoms with Gasteiger partial charge in [-0.15, -0.1) is 12.4 Å². The Balaban J connectivity index is 0.00000264. The van der Waals surface area contributed by atoms with E-state index in [-0.39, 0.29) is 29.6 Å². The van der Waals surface area contributed by atoms with E-state index in [9.17, 15) is 9.00 Å². The molecule has 2 rings (SSSR count). The third-order valence-corrected chi connectivity index (χ3v) is 6.00. The van der Waals surface area contributed by atoms with Crippen LogP contribution in [0.25, 0.3) is 0 Å². The fourth-order valence-corrected chi connectivity index (χ4v) is 4.37. The highest BCUT2D eigenvalue weighted by Gasteiger charge is 2.27. The van der Waals surface area contributed by atoms with Crippen molar-refractivity contribution < 1.29 is 9.00 Å². The third-order valence-electron chi connectivity index (χ3n) is 4.26. The van der Waals surface area contributed by atoms with Gasteiger partial charge in [-0.3, -0.25) is 9.00 Å². The van der Waals surface area contributed by atoms with Crippen molar-refractivity contribution >= 4 is 29.1 Å². The normalized spacial score (nSPS) is 23.4. The number of carbonyl (C=O) groups is 1. The number of benzene rings is 1. The number of nitrogens with two attached hydrogens (primary N) is 1. The minimum Gasteiger partial charge on any atom is -0.352 e. The van der Waals surface area contributed by atoms with Gasteiger partial charge in [0.05, 0.1) is 6.04 Å². The van der Waals surface area contributed by atoms with Crippen LogP contribution < -0.4 is 11.1 Å². The van der Waals surface area contributed by atoms with Crippen molar-refractivity contribution in [3.63, 3.8) is 0 Å². The Bertz CT molecular complexity index is 513. The van der Waals surface area contributed by atoms with Crippen LogP contribution in [0, 0.1) is 0 Å². The monoisotopic (exact) mass is 358 g/mol. The summed E-state index contributed by atoms with van der Waals surface area (Å²) in [5.41, 5.74) is 7.08. The quantitative estimate of drug-likeness (QED) is 0.818. The average Bonchev–Trinajstić information content (AvgIpc) is 2.55. The summed E-state index contributed by atoms with van der Waals surface area (Å²) in [6.07, 6.45) is 4.34. The lowest BCUT2D eigenvalue weighted by molar-refractivity contribution is -0.123. The molecule has 3 unspecified atom stereocenters. The summed E-state index contributed by atoms with van der Waals surface area (Å²) < 4.78 is 11.9. The molecule has 130 valence electrons. The van der Waals surface area contributed by atoms with Crippen LogP contribution in [0.1, 0.15) is 38.2 Å². The molecule has 1 amide bonds. The summed E-state index contributed by atoms with van der Waals surface area (Å²) in [6, 6.07) is 9.40. The van der Waals surface area contributed by atoms with E-state index in [1.54, 1.807) is 0 Å². The molecular weight excluding hydrogens is 332 g/mol. The van der Waals surface area contributed by atoms with E-state index in [1.165, 1.54) is 0 Å². The molecule has 1 saturated carbocycles. The maximum atomic E-state index is 12.2. The molecule has 0 radical (unpaired) electrons. The van der Waals surface area contributed by atoms with Crippen molar-refractivity contribution in [2.75, 3.05) is 5.75 Å². The second-order valence-corrected chi connectivity index (χ2v) is 7.97. The molecule has 4 nitrogen and oxygen atoms in total. The first-order valence-electron chi connectivity index (χ1n) is 8.07. The molecule has 6 heteroatoms. The van der Waals surface area contributed by atoms with Crippen molar-refractivity contribution in [2.45, 2.75) is 56.4 Å². The Labute approximate surface area is 147 Å². The number of hydrogen-bond donors (Lipinski definition) is 2. The molecule has 23 heavy (non-hydrogen) atoms. The SMILES string of the molecule is CCS(=O)C1CCCC(NC(=O)[C@@H](N)Cc2ccccc2)C1.Cl. The number of halogens is 1. The summed E-state index contributed by atoms with van der Waals surface area (Å²) >= 11 is 0. The fraction of sp³-hybridized carbons (Fsp3) is 0.588. The Morgan fingerprint density at radius 1 is 1.35 bits per heavy atom. The van der Waals surface area contributed by atoms with E-state index in [0.29, 0.717) is 12.2 Å². The van der Waals surface area contributed by atoms with Gasteiger partial charge in [0.25, 0.3) is 0 Å². The Hall–Kier alpha value is -0.910. The number of carbonyl (C=O) groups excluding carboxylic acids is 1. The number of rotatable bonds is 6. The fourth-order valence-electron chi connectivity index (χ4n) is 3.02. The van der Waals surface area contributed by atoms with Crippen molar-refractivity contribution in [3.8, 4) is 0 Å². The van der Waals surface area contributed by atoms with E-state index >= 15 is 0 Å². The first kappa shape index (κ1) is 20.1. The van der Waals surface area contributed by atoms with Gasteiger partial charge in [-0.1, -0.05) is 43.7 Å². The maximum absolute atomic E-state index is 12.2. The lowest BCUT2D eigenvalue weighted by Crippen LogP contribution is -2.48. The van der Waals surface area contributed by atoms with Gasteiger partial charge in [-0.05, 0) is 31.2 Å². The molecule has 1 aliphatic carbocycles. The predicted octanol–water partition coefficient (Wildman–Crippen LogP) is 2.17. The highest BCUT2D eigenvalue weighted by atomic mass is 35.5. The molecule has 1 aromatic rings. The van der Waals surface area contributed by atoms with Gasteiger partial charge in [0.1, 0.15) is 0 Å². The highest BCUT2D eigenvalue weighted by Crippen LogP contribution is 2.23. The van der Waals surface area contributed by atoms with Gasteiger partial charge < -0.3 is 11.1 Å². The average molecular weight is 359 g/mol. The Morgan fingerprint density at radius 3 is 2.70 bits per heavy atom. The van der Waals surface area contributed by atoms with Crippen molar-refractivity contribution in [2.24, 2.45) is 5.73 Å². The van der Waals surface area contributed by atoms with Crippen molar-refractivity contribution in [1.82, 2.24) is 5.32 Å². The molecule has 0 spiro atoms. The van der Waals surface area contributed by atoms with Gasteiger partial charge in [-0.2, -0.15) is 0 Å². The molecule has 0 heterocycles. The summed E-state index contributed by atoms with van der Waals surface area (Å²) in [7, 11) is -0.774. The number of nitrogens with one attached hydrogen (secondary N) is 1. The molecule has 1 aromatic carbocycles. The van der Waals surface area contributed by atoms with Crippen molar-refractivity contribution in [1.29, 1.82) is 0 Å². The Kier molecular flexibility index (Phi) is 8.81. The molecule has 1 fully saturated rings. The molecule has 3 N–H and O–H groups in total. The smallest absolute Gasteiger partial charge is 0.237 e. The van der Waals surface area contributed by atoms with Crippen LogP contribution in [0.3, 0.4) is 0 Å². The van der Waals surface area contributed by atoms with Crippen LogP contribution in [-0.2, 0) is 22.0 Å². The molecular formula is C17H27ClN2O2S. The standard InChI is InChI=1S/C17H26N2O2S.ClH/c1-2-22(21)15-10-6-9-14(12-15)19-17(20)16(18)11-13-7-4-3-5-8-13;/h3-5,7-8,14-16H,2,6,9-12,18H2,1H3,(H,19,20);1H/t14?,15?,16-,22?;/m0./s1. The number of hydrogen-bond acceptors (Lipinski definition) is 3. The van der Waals surface area contributed by atoms with Gasteiger partial charge in [0.15, 0.2) is 0 Å². The lowest BCUT2D eigenvalue weighted by Gasteiger charge is -2.29. The molecule has 0 saturated heterocycles. The zero-order chi connectivity index (χ0) is 15.9. The summed E-state index contributed by atoms with van der Waals surface area (Å²) in [6.45, 7) is 1.95. The minimum atomic E-state index is -0.774. The third kappa shape index (κ3) is 6.24. The van der Waals surface area contributed by atoms with Gasteiger partial charge in [-0.25, -0.2) is 0 Å². The zero-order valence-electron chi connectivity index (χ0n) is 13.6. The maximum Gasteiger partial charge on any atom is 0.237 e. The molecule has 0 aliphatic heterocycles. The van der Waals surface area contributed by atoms with Crippen molar-refractivity contribution in [3.05, 3.63) is 35.9 Å². The largest absolute Gasteiger partial charge is 0.352 e. The topological polar surface area (TPSA) is 72.2 Å². The predicted molar refractivity (Wildman–Crippen MR) is 98.2 cm³/mol. The molecule has 4 atom stereocenters.